The highest BCUT2D eigenvalue weighted by Gasteiger charge is 2.09. The summed E-state index contributed by atoms with van der Waals surface area (Å²) < 4.78 is 23.4. The van der Waals surface area contributed by atoms with Crippen molar-refractivity contribution in [2.24, 2.45) is 0 Å². The second-order valence-corrected chi connectivity index (χ2v) is 4.41. The molecule has 0 N–H and O–H groups in total. The van der Waals surface area contributed by atoms with Gasteiger partial charge in [-0.15, -0.1) is 0 Å². The number of hydrogen-bond donors (Lipinski definition) is 0. The van der Waals surface area contributed by atoms with E-state index in [1.54, 1.807) is 30.3 Å². The minimum absolute atomic E-state index is 0.0104. The van der Waals surface area contributed by atoms with Crippen molar-refractivity contribution in [3.63, 3.8) is 0 Å². The largest absolute Gasteiger partial charge is 0.482 e. The molecule has 0 radical (unpaired) electrons. The molecule has 2 aromatic carbocycles. The van der Waals surface area contributed by atoms with Gasteiger partial charge in [0, 0.05) is 11.1 Å². The molecule has 2 rings (SSSR count). The molecule has 0 atom stereocenters. The Morgan fingerprint density at radius 1 is 1.19 bits per heavy atom. The summed E-state index contributed by atoms with van der Waals surface area (Å²) in [5.41, 5.74) is -0.118. The van der Waals surface area contributed by atoms with Crippen LogP contribution >= 0.6 is 11.6 Å². The van der Waals surface area contributed by atoms with E-state index in [4.69, 9.17) is 26.3 Å². The summed E-state index contributed by atoms with van der Waals surface area (Å²) in [4.78, 5) is 11.6. The van der Waals surface area contributed by atoms with Crippen LogP contribution in [-0.2, 0) is 4.79 Å². The van der Waals surface area contributed by atoms with Gasteiger partial charge in [-0.3, -0.25) is 0 Å². The van der Waals surface area contributed by atoms with Crippen LogP contribution in [0, 0.1) is 17.1 Å². The van der Waals surface area contributed by atoms with E-state index in [1.807, 2.05) is 0 Å². The fourth-order valence-corrected chi connectivity index (χ4v) is 1.61. The lowest BCUT2D eigenvalue weighted by Crippen LogP contribution is -2.17. The maximum atomic E-state index is 13.3. The first-order valence-electron chi connectivity index (χ1n) is 5.87. The monoisotopic (exact) mass is 305 g/mol. The molecule has 0 unspecified atom stereocenters. The van der Waals surface area contributed by atoms with E-state index in [1.165, 1.54) is 12.1 Å². The van der Waals surface area contributed by atoms with Gasteiger partial charge in [-0.1, -0.05) is 11.6 Å². The zero-order valence-corrected chi connectivity index (χ0v) is 11.4. The Kier molecular flexibility index (Phi) is 4.75. The van der Waals surface area contributed by atoms with Gasteiger partial charge in [0.25, 0.3) is 0 Å². The van der Waals surface area contributed by atoms with Crippen molar-refractivity contribution in [2.75, 3.05) is 6.61 Å². The molecular weight excluding hydrogens is 297 g/mol. The number of nitriles is 1. The third kappa shape index (κ3) is 4.20. The molecule has 0 aromatic heterocycles. The van der Waals surface area contributed by atoms with Crippen LogP contribution in [0.2, 0.25) is 5.02 Å². The molecule has 2 aromatic rings. The molecule has 0 aliphatic heterocycles. The molecule has 0 aliphatic carbocycles. The minimum atomic E-state index is -0.749. The van der Waals surface area contributed by atoms with Gasteiger partial charge in [-0.25, -0.2) is 9.18 Å². The summed E-state index contributed by atoms with van der Waals surface area (Å²) in [5, 5.41) is 9.15. The standard InChI is InChI=1S/C15H9ClFNO3/c16-11-2-5-12(6-3-11)20-9-15(19)21-13-4-1-10(8-18)14(17)7-13/h1-7H,9H2. The first kappa shape index (κ1) is 14.8. The fourth-order valence-electron chi connectivity index (χ4n) is 1.48. The van der Waals surface area contributed by atoms with Crippen LogP contribution in [0.4, 0.5) is 4.39 Å². The molecule has 106 valence electrons. The third-order valence-corrected chi connectivity index (χ3v) is 2.71. The van der Waals surface area contributed by atoms with Crippen molar-refractivity contribution in [2.45, 2.75) is 0 Å². The smallest absolute Gasteiger partial charge is 0.349 e. The topological polar surface area (TPSA) is 59.3 Å². The first-order chi connectivity index (χ1) is 10.1. The zero-order chi connectivity index (χ0) is 15.2. The number of halogens is 2. The van der Waals surface area contributed by atoms with Gasteiger partial charge in [0.15, 0.2) is 6.61 Å². The van der Waals surface area contributed by atoms with Crippen LogP contribution in [0.3, 0.4) is 0 Å². The van der Waals surface area contributed by atoms with Crippen LogP contribution in [0.5, 0.6) is 11.5 Å². The number of carbonyl (C=O) groups excluding carboxylic acids is 1. The maximum Gasteiger partial charge on any atom is 0.349 e. The molecule has 0 bridgehead atoms. The Bertz CT molecular complexity index is 695. The molecule has 0 fully saturated rings. The summed E-state index contributed by atoms with van der Waals surface area (Å²) in [5.74, 6) is -0.964. The molecule has 0 heterocycles. The van der Waals surface area contributed by atoms with Gasteiger partial charge in [0.05, 0.1) is 5.56 Å². The van der Waals surface area contributed by atoms with Crippen molar-refractivity contribution in [3.05, 3.63) is 58.9 Å². The van der Waals surface area contributed by atoms with E-state index in [2.05, 4.69) is 0 Å². The van der Waals surface area contributed by atoms with Crippen LogP contribution in [0.15, 0.2) is 42.5 Å². The first-order valence-corrected chi connectivity index (χ1v) is 6.25. The Morgan fingerprint density at radius 3 is 2.48 bits per heavy atom. The summed E-state index contributed by atoms with van der Waals surface area (Å²) >= 11 is 5.72. The predicted octanol–water partition coefficient (Wildman–Crippen LogP) is 3.34. The Balaban J connectivity index is 1.91. The molecule has 6 heteroatoms. The van der Waals surface area contributed by atoms with Gasteiger partial charge in [0.2, 0.25) is 0 Å². The van der Waals surface area contributed by atoms with Crippen molar-refractivity contribution in [1.82, 2.24) is 0 Å². The number of nitrogens with zero attached hydrogens (tertiary/aromatic N) is 1. The summed E-state index contributed by atoms with van der Waals surface area (Å²) in [6.07, 6.45) is 0. The minimum Gasteiger partial charge on any atom is -0.482 e. The molecule has 0 saturated heterocycles. The van der Waals surface area contributed by atoms with Crippen molar-refractivity contribution in [3.8, 4) is 17.6 Å². The van der Waals surface area contributed by atoms with Gasteiger partial charge in [0.1, 0.15) is 23.4 Å². The third-order valence-electron chi connectivity index (χ3n) is 2.46. The van der Waals surface area contributed by atoms with Crippen LogP contribution < -0.4 is 9.47 Å². The summed E-state index contributed by atoms with van der Waals surface area (Å²) in [7, 11) is 0. The average molecular weight is 306 g/mol. The van der Waals surface area contributed by atoms with Gasteiger partial charge < -0.3 is 9.47 Å². The van der Waals surface area contributed by atoms with Gasteiger partial charge in [-0.2, -0.15) is 5.26 Å². The highest BCUT2D eigenvalue weighted by Crippen LogP contribution is 2.17. The molecule has 4 nitrogen and oxygen atoms in total. The van der Waals surface area contributed by atoms with E-state index in [0.717, 1.165) is 6.07 Å². The second kappa shape index (κ2) is 6.73. The number of ether oxygens (including phenoxy) is 2. The molecule has 0 saturated carbocycles. The van der Waals surface area contributed by atoms with Crippen LogP contribution in [0.25, 0.3) is 0 Å². The number of carbonyl (C=O) groups is 1. The quantitative estimate of drug-likeness (QED) is 0.642. The molecule has 0 aliphatic rings. The molecule has 0 amide bonds. The van der Waals surface area contributed by atoms with Crippen LogP contribution in [-0.4, -0.2) is 12.6 Å². The van der Waals surface area contributed by atoms with E-state index in [0.29, 0.717) is 10.8 Å². The highest BCUT2D eigenvalue weighted by molar-refractivity contribution is 6.30. The molecular formula is C15H9ClFNO3. The fraction of sp³-hybridized carbons (Fsp3) is 0.0667. The van der Waals surface area contributed by atoms with E-state index in [-0.39, 0.29) is 17.9 Å². The number of esters is 1. The Labute approximate surface area is 125 Å². The number of rotatable bonds is 4. The molecule has 21 heavy (non-hydrogen) atoms. The van der Waals surface area contributed by atoms with E-state index < -0.39 is 11.8 Å². The lowest BCUT2D eigenvalue weighted by molar-refractivity contribution is -0.136. The van der Waals surface area contributed by atoms with E-state index >= 15 is 0 Å². The summed E-state index contributed by atoms with van der Waals surface area (Å²) in [6.45, 7) is -0.330. The van der Waals surface area contributed by atoms with Crippen molar-refractivity contribution < 1.29 is 18.7 Å². The van der Waals surface area contributed by atoms with Gasteiger partial charge >= 0.3 is 5.97 Å². The maximum absolute atomic E-state index is 13.3. The van der Waals surface area contributed by atoms with Crippen molar-refractivity contribution in [1.29, 1.82) is 5.26 Å². The Hall–Kier alpha value is -2.58. The van der Waals surface area contributed by atoms with Gasteiger partial charge in [-0.05, 0) is 36.4 Å². The normalized spacial score (nSPS) is 9.76. The number of benzene rings is 2. The summed E-state index contributed by atoms with van der Waals surface area (Å²) in [6, 6.07) is 11.7. The highest BCUT2D eigenvalue weighted by atomic mass is 35.5. The van der Waals surface area contributed by atoms with E-state index in [9.17, 15) is 9.18 Å². The zero-order valence-electron chi connectivity index (χ0n) is 10.7. The molecule has 0 spiro atoms. The van der Waals surface area contributed by atoms with Crippen molar-refractivity contribution >= 4 is 17.6 Å². The van der Waals surface area contributed by atoms with Crippen LogP contribution in [0.1, 0.15) is 5.56 Å². The number of hydrogen-bond acceptors (Lipinski definition) is 4. The SMILES string of the molecule is N#Cc1ccc(OC(=O)COc2ccc(Cl)cc2)cc1F. The average Bonchev–Trinajstić information content (AvgIpc) is 2.47. The lowest BCUT2D eigenvalue weighted by atomic mass is 10.2. The lowest BCUT2D eigenvalue weighted by Gasteiger charge is -2.07. The Morgan fingerprint density at radius 2 is 1.86 bits per heavy atom. The predicted molar refractivity (Wildman–Crippen MR) is 73.7 cm³/mol. The second-order valence-electron chi connectivity index (χ2n) is 3.97.